The fourth-order valence-electron chi connectivity index (χ4n) is 16.7. The molecule has 0 saturated carbocycles. The number of aromatic hydroxyl groups is 8. The summed E-state index contributed by atoms with van der Waals surface area (Å²) in [5.74, 6) is 53.1. The molecule has 8 heteroatoms. The SMILES string of the molecule is Cc1ccc(C#Cc2cc3c(O)c(c2)Cc2cc(C#Cc4ccc(C)cc4)cc(c2O)Cc2cc(C#Cc4ccc(C)cc4)cc(c2O)Cc2cc(C#Cc4ccc(C)cc4)cc(c2O)Cc2cc(C#Cc4ccc(C)cc4)cc(c2O)Cc2cc(C#Cc4ccc(C)cc4)cc(c2O)Cc2cc(C#Cc4ccc(C)cc4)cc(c2O)Cc2cc(C#Cc4ccc(C)cc4)cc(c2O)C3)cc1. The molecule has 0 saturated heterocycles. The molecule has 0 aliphatic heterocycles. The molecule has 0 amide bonds. The molecule has 16 aromatic carbocycles. The van der Waals surface area contributed by atoms with Crippen LogP contribution in [0.25, 0.3) is 0 Å². The second kappa shape index (κ2) is 40.4. The summed E-state index contributed by atoms with van der Waals surface area (Å²) in [6, 6.07) is 92.1. The highest BCUT2D eigenvalue weighted by atomic mass is 16.3. The lowest BCUT2D eigenvalue weighted by atomic mass is 9.88. The number of fused-ring (bicyclic) bond motifs is 16. The predicted octanol–water partition coefficient (Wildman–Crippen LogP) is 24.0. The zero-order chi connectivity index (χ0) is 94.6. The van der Waals surface area contributed by atoms with Crippen LogP contribution in [0.3, 0.4) is 0 Å². The van der Waals surface area contributed by atoms with Crippen molar-refractivity contribution < 1.29 is 40.9 Å². The fraction of sp³-hybridized carbons (Fsp3) is 0.125. The van der Waals surface area contributed by atoms with E-state index < -0.39 is 0 Å². The quantitative estimate of drug-likeness (QED) is 0.0696. The highest BCUT2D eigenvalue weighted by Crippen LogP contribution is 2.43. The van der Waals surface area contributed by atoms with Gasteiger partial charge in [0.15, 0.2) is 0 Å². The molecule has 16 aromatic rings. The third-order valence-corrected chi connectivity index (χ3v) is 24.4. The first-order chi connectivity index (χ1) is 65.8. The standard InChI is InChI=1S/C128H96O8/c1-81-9-25-89(26-10-81)41-49-97-57-105-73-107-59-98(50-42-90-27-11-82(2)12-28-90)61-109(122(107)130)75-111-63-100(52-44-92-31-15-84(4)16-32-92)65-113(124(111)132)77-115-67-102(54-46-94-35-19-86(6)20-36-94)69-117(126(115)134)79-119-71-104(56-48-96-39-23-88(8)24-40-96)72-120(128(119)136)80-118-70-103(55-47-95-37-21-87(7)22-38-95)68-116(127(118)135)78-114-66-101(53-45-93-33-17-85(5)18-34-93)64-112(125(114)133)76-110-62-99(51-43-91-29-13-83(3)14-30-91)60-108(123(110)131)74-106(58-97)121(105)129/h9-40,57-72,129-136H,73-80H2,1-8H3. The average molecular weight is 1760 g/mol. The van der Waals surface area contributed by atoms with Crippen molar-refractivity contribution in [2.45, 2.75) is 107 Å². The van der Waals surface area contributed by atoms with Gasteiger partial charge in [-0.1, -0.05) is 236 Å². The topological polar surface area (TPSA) is 162 Å². The molecule has 0 fully saturated rings. The minimum absolute atomic E-state index is 0.0691. The minimum atomic E-state index is -0.128. The molecule has 136 heavy (non-hydrogen) atoms. The minimum Gasteiger partial charge on any atom is -0.507 e. The van der Waals surface area contributed by atoms with Gasteiger partial charge < -0.3 is 40.9 Å². The smallest absolute Gasteiger partial charge is 0.122 e. The Morgan fingerprint density at radius 3 is 0.272 bits per heavy atom. The number of phenols is 8. The molecule has 1 aliphatic carbocycles. The van der Waals surface area contributed by atoms with Crippen molar-refractivity contribution in [1.29, 1.82) is 0 Å². The van der Waals surface area contributed by atoms with Gasteiger partial charge >= 0.3 is 0 Å². The van der Waals surface area contributed by atoms with E-state index >= 15 is 0 Å². The number of hydrogen-bond acceptors (Lipinski definition) is 8. The zero-order valence-corrected chi connectivity index (χ0v) is 76.9. The molecule has 16 bridgehead atoms. The van der Waals surface area contributed by atoms with Gasteiger partial charge in [0.2, 0.25) is 0 Å². The summed E-state index contributed by atoms with van der Waals surface area (Å²) < 4.78 is 0. The Balaban J connectivity index is 0.913. The maximum Gasteiger partial charge on any atom is 0.122 e. The molecule has 17 rings (SSSR count). The Morgan fingerprint density at radius 2 is 0.191 bits per heavy atom. The van der Waals surface area contributed by atoms with Gasteiger partial charge in [-0.15, -0.1) is 0 Å². The summed E-state index contributed by atoms with van der Waals surface area (Å²) >= 11 is 0. The first-order valence-electron chi connectivity index (χ1n) is 45.3. The summed E-state index contributed by atoms with van der Waals surface area (Å²) in [7, 11) is 0. The van der Waals surface area contributed by atoms with Crippen LogP contribution < -0.4 is 0 Å². The lowest BCUT2D eigenvalue weighted by Gasteiger charge is -2.18. The predicted molar refractivity (Wildman–Crippen MR) is 545 cm³/mol. The van der Waals surface area contributed by atoms with E-state index in [0.29, 0.717) is 134 Å². The van der Waals surface area contributed by atoms with Crippen LogP contribution in [-0.2, 0) is 51.4 Å². The second-order valence-electron chi connectivity index (χ2n) is 35.5. The van der Waals surface area contributed by atoms with E-state index in [2.05, 4.69) is 94.7 Å². The van der Waals surface area contributed by atoms with Gasteiger partial charge in [-0.25, -0.2) is 0 Å². The lowest BCUT2D eigenvalue weighted by molar-refractivity contribution is 0.452. The van der Waals surface area contributed by atoms with Crippen LogP contribution in [0, 0.1) is 150 Å². The van der Waals surface area contributed by atoms with Crippen LogP contribution in [0.4, 0.5) is 0 Å². The van der Waals surface area contributed by atoms with Crippen LogP contribution in [0.15, 0.2) is 291 Å². The Kier molecular flexibility index (Phi) is 26.8. The van der Waals surface area contributed by atoms with Gasteiger partial charge in [0.05, 0.1) is 0 Å². The maximum atomic E-state index is 13.3. The van der Waals surface area contributed by atoms with E-state index in [1.807, 2.05) is 347 Å². The molecule has 0 atom stereocenters. The van der Waals surface area contributed by atoms with Crippen molar-refractivity contribution in [2.75, 3.05) is 0 Å². The number of benzene rings is 16. The molecule has 1 aliphatic rings. The van der Waals surface area contributed by atoms with Crippen LogP contribution in [0.5, 0.6) is 46.0 Å². The van der Waals surface area contributed by atoms with Crippen molar-refractivity contribution in [3.8, 4) is 141 Å². The summed E-state index contributed by atoms with van der Waals surface area (Å²) in [4.78, 5) is 0. The first-order valence-corrected chi connectivity index (χ1v) is 45.3. The van der Waals surface area contributed by atoms with Gasteiger partial charge in [0.25, 0.3) is 0 Å². The summed E-state index contributed by atoms with van der Waals surface area (Å²) in [6.45, 7) is 16.1. The Bertz CT molecular complexity index is 6360. The van der Waals surface area contributed by atoms with Crippen molar-refractivity contribution in [3.05, 3.63) is 514 Å². The van der Waals surface area contributed by atoms with E-state index in [4.69, 9.17) is 0 Å². The van der Waals surface area contributed by atoms with Crippen molar-refractivity contribution >= 4 is 0 Å². The van der Waals surface area contributed by atoms with Crippen LogP contribution in [-0.4, -0.2) is 40.9 Å². The number of rotatable bonds is 0. The Labute approximate surface area is 796 Å². The number of hydrogen-bond donors (Lipinski definition) is 8. The highest BCUT2D eigenvalue weighted by Gasteiger charge is 2.26. The summed E-state index contributed by atoms with van der Waals surface area (Å²) in [6.07, 6.45) is -0.553. The van der Waals surface area contributed by atoms with Crippen LogP contribution in [0.1, 0.15) is 223 Å². The second-order valence-corrected chi connectivity index (χ2v) is 35.5. The monoisotopic (exact) mass is 1760 g/mol. The molecule has 0 radical (unpaired) electrons. The Morgan fingerprint density at radius 1 is 0.118 bits per heavy atom. The molecule has 0 heterocycles. The van der Waals surface area contributed by atoms with E-state index in [1.165, 1.54) is 0 Å². The molecule has 656 valence electrons. The summed E-state index contributed by atoms with van der Waals surface area (Å²) in [5, 5.41) is 106. The first kappa shape index (κ1) is 90.3. The van der Waals surface area contributed by atoms with Crippen LogP contribution in [0.2, 0.25) is 0 Å². The van der Waals surface area contributed by atoms with Gasteiger partial charge in [-0.3, -0.25) is 0 Å². The molecular formula is C128H96O8. The van der Waals surface area contributed by atoms with E-state index in [-0.39, 0.29) is 97.4 Å². The highest BCUT2D eigenvalue weighted by molar-refractivity contribution is 5.67. The van der Waals surface area contributed by atoms with Crippen LogP contribution >= 0.6 is 0 Å². The summed E-state index contributed by atoms with van der Waals surface area (Å²) in [5.41, 5.74) is 24.9. The lowest BCUT2D eigenvalue weighted by Crippen LogP contribution is -2.03. The third-order valence-electron chi connectivity index (χ3n) is 24.4. The van der Waals surface area contributed by atoms with Crippen molar-refractivity contribution in [3.63, 3.8) is 0 Å². The third kappa shape index (κ3) is 22.5. The van der Waals surface area contributed by atoms with E-state index in [1.54, 1.807) is 0 Å². The number of aryl methyl sites for hydroxylation is 8. The van der Waals surface area contributed by atoms with E-state index in [0.717, 1.165) is 89.0 Å². The maximum absolute atomic E-state index is 13.3. The fourth-order valence-corrected chi connectivity index (χ4v) is 16.7. The van der Waals surface area contributed by atoms with Crippen molar-refractivity contribution in [1.82, 2.24) is 0 Å². The van der Waals surface area contributed by atoms with Gasteiger partial charge in [-0.05, 0) is 339 Å². The molecule has 0 unspecified atom stereocenters. The molecular weight excluding hydrogens is 1670 g/mol. The van der Waals surface area contributed by atoms with Crippen molar-refractivity contribution in [2.24, 2.45) is 0 Å². The number of phenolic OH excluding ortho intramolecular Hbond substituents is 8. The average Bonchev–Trinajstić information content (AvgIpc) is 0.786. The van der Waals surface area contributed by atoms with Gasteiger partial charge in [0.1, 0.15) is 46.0 Å². The molecule has 0 spiro atoms. The molecule has 0 aromatic heterocycles. The normalized spacial score (nSPS) is 11.4. The largest absolute Gasteiger partial charge is 0.507 e. The molecule has 8 nitrogen and oxygen atoms in total. The molecule has 8 N–H and O–H groups in total. The van der Waals surface area contributed by atoms with Gasteiger partial charge in [-0.2, -0.15) is 0 Å². The van der Waals surface area contributed by atoms with E-state index in [9.17, 15) is 40.9 Å². The van der Waals surface area contributed by atoms with Gasteiger partial charge in [0, 0.05) is 140 Å². The zero-order valence-electron chi connectivity index (χ0n) is 76.9. The Hall–Kier alpha value is -17.6.